The van der Waals surface area contributed by atoms with Crippen molar-refractivity contribution in [2.75, 3.05) is 37.0 Å². The molecule has 1 aliphatic rings. The highest BCUT2D eigenvalue weighted by molar-refractivity contribution is 5.88. The van der Waals surface area contributed by atoms with Crippen LogP contribution in [0.4, 0.5) is 11.4 Å². The molecule has 1 heterocycles. The van der Waals surface area contributed by atoms with Gasteiger partial charge in [-0.05, 0) is 67.7 Å². The molecule has 4 rings (SSSR count). The number of benzene rings is 2. The van der Waals surface area contributed by atoms with Crippen LogP contribution in [0.15, 0.2) is 52.9 Å². The van der Waals surface area contributed by atoms with Gasteiger partial charge in [-0.25, -0.2) is 4.42 Å². The van der Waals surface area contributed by atoms with Gasteiger partial charge in [0.05, 0.1) is 17.0 Å². The van der Waals surface area contributed by atoms with E-state index in [1.807, 2.05) is 0 Å². The van der Waals surface area contributed by atoms with Gasteiger partial charge in [-0.2, -0.15) is 0 Å². The van der Waals surface area contributed by atoms with Crippen LogP contribution in [0.5, 0.6) is 0 Å². The Morgan fingerprint density at radius 3 is 2.39 bits per heavy atom. The zero-order valence-corrected chi connectivity index (χ0v) is 22.3. The van der Waals surface area contributed by atoms with Gasteiger partial charge in [0, 0.05) is 56.5 Å². The molecule has 36 heavy (non-hydrogen) atoms. The molecular formula is C31H39N2O3+. The van der Waals surface area contributed by atoms with E-state index in [-0.39, 0.29) is 11.8 Å². The summed E-state index contributed by atoms with van der Waals surface area (Å²) >= 11 is 0. The van der Waals surface area contributed by atoms with Crippen molar-refractivity contribution in [1.82, 2.24) is 0 Å². The molecule has 1 N–H and O–H groups in total. The summed E-state index contributed by atoms with van der Waals surface area (Å²) in [6.07, 6.45) is 6.06. The van der Waals surface area contributed by atoms with E-state index < -0.39 is 5.97 Å². The number of rotatable bonds is 10. The fraction of sp³-hybridized carbons (Fsp3) is 0.419. The van der Waals surface area contributed by atoms with Crippen molar-refractivity contribution in [1.29, 1.82) is 0 Å². The Bertz CT molecular complexity index is 1260. The van der Waals surface area contributed by atoms with Gasteiger partial charge in [-0.3, -0.25) is 4.79 Å². The number of aliphatic carboxylic acids is 1. The summed E-state index contributed by atoms with van der Waals surface area (Å²) in [7, 11) is 4.12. The number of hydrogen-bond donors (Lipinski definition) is 1. The van der Waals surface area contributed by atoms with E-state index in [2.05, 4.69) is 99.3 Å². The molecule has 0 spiro atoms. The van der Waals surface area contributed by atoms with Gasteiger partial charge in [-0.1, -0.05) is 32.4 Å². The van der Waals surface area contributed by atoms with E-state index in [4.69, 9.17) is 9.52 Å². The summed E-state index contributed by atoms with van der Waals surface area (Å²) in [5.41, 5.74) is 7.00. The van der Waals surface area contributed by atoms with Gasteiger partial charge in [-0.15, -0.1) is 0 Å². The summed E-state index contributed by atoms with van der Waals surface area (Å²) in [6.45, 7) is 8.56. The highest BCUT2D eigenvalue weighted by Gasteiger charge is 2.36. The Kier molecular flexibility index (Phi) is 7.67. The molecule has 1 aliphatic carbocycles. The topological polar surface area (TPSA) is 55.1 Å². The summed E-state index contributed by atoms with van der Waals surface area (Å²) in [6, 6.07) is 17.5. The Labute approximate surface area is 215 Å². The number of carboxylic acid groups (broad SMARTS) is 1. The monoisotopic (exact) mass is 487 g/mol. The Hall–Kier alpha value is -3.34. The van der Waals surface area contributed by atoms with Gasteiger partial charge in [0.15, 0.2) is 0 Å². The van der Waals surface area contributed by atoms with Crippen LogP contribution in [0.3, 0.4) is 0 Å². The maximum Gasteiger partial charge on any atom is 0.362 e. The normalized spacial score (nSPS) is 14.3. The van der Waals surface area contributed by atoms with Gasteiger partial charge in [0.25, 0.3) is 0 Å². The lowest BCUT2D eigenvalue weighted by Gasteiger charge is -2.29. The van der Waals surface area contributed by atoms with E-state index in [0.29, 0.717) is 0 Å². The molecule has 0 bridgehead atoms. The summed E-state index contributed by atoms with van der Waals surface area (Å²) in [4.78, 5) is 15.2. The SMILES string of the molecule is CCN(CCCCCC(=O)O)c1ccc2cc3c([o+]c2c1)C=C(c1ccc(N(C)C)cc1)CC3(C)C. The second-order valence-electron chi connectivity index (χ2n) is 10.7. The molecule has 3 aromatic rings. The zero-order valence-electron chi connectivity index (χ0n) is 22.3. The average Bonchev–Trinajstić information content (AvgIpc) is 2.84. The van der Waals surface area contributed by atoms with Crippen LogP contribution in [-0.2, 0) is 10.2 Å². The molecule has 0 saturated heterocycles. The highest BCUT2D eigenvalue weighted by Crippen LogP contribution is 2.44. The molecule has 0 radical (unpaired) electrons. The van der Waals surface area contributed by atoms with E-state index in [1.165, 1.54) is 22.4 Å². The molecular weight excluding hydrogens is 448 g/mol. The Morgan fingerprint density at radius 2 is 1.72 bits per heavy atom. The van der Waals surface area contributed by atoms with Crippen LogP contribution in [0.1, 0.15) is 69.8 Å². The van der Waals surface area contributed by atoms with Gasteiger partial charge in [0.2, 0.25) is 0 Å². The number of carbonyl (C=O) groups is 1. The molecule has 190 valence electrons. The van der Waals surface area contributed by atoms with Crippen LogP contribution in [0, 0.1) is 0 Å². The minimum atomic E-state index is -0.715. The molecule has 0 amide bonds. The average molecular weight is 488 g/mol. The molecule has 5 heteroatoms. The third-order valence-electron chi connectivity index (χ3n) is 7.27. The highest BCUT2D eigenvalue weighted by atomic mass is 16.4. The molecule has 0 atom stereocenters. The first-order valence-electron chi connectivity index (χ1n) is 13.0. The third-order valence-corrected chi connectivity index (χ3v) is 7.27. The van der Waals surface area contributed by atoms with Crippen molar-refractivity contribution in [3.05, 3.63) is 65.4 Å². The smallest absolute Gasteiger partial charge is 0.362 e. The van der Waals surface area contributed by atoms with Gasteiger partial charge < -0.3 is 14.9 Å². The predicted octanol–water partition coefficient (Wildman–Crippen LogP) is 7.47. The fourth-order valence-electron chi connectivity index (χ4n) is 5.13. The van der Waals surface area contributed by atoms with Crippen molar-refractivity contribution in [3.8, 4) is 0 Å². The van der Waals surface area contributed by atoms with E-state index >= 15 is 0 Å². The fourth-order valence-corrected chi connectivity index (χ4v) is 5.13. The van der Waals surface area contributed by atoms with Crippen LogP contribution < -0.4 is 9.80 Å². The Morgan fingerprint density at radius 1 is 1.00 bits per heavy atom. The second kappa shape index (κ2) is 10.7. The van der Waals surface area contributed by atoms with Crippen molar-refractivity contribution in [3.63, 3.8) is 0 Å². The zero-order chi connectivity index (χ0) is 25.9. The molecule has 0 unspecified atom stereocenters. The number of fused-ring (bicyclic) bond motifs is 2. The van der Waals surface area contributed by atoms with Crippen LogP contribution in [0.25, 0.3) is 22.6 Å². The molecule has 2 aromatic carbocycles. The molecule has 1 aromatic heterocycles. The summed E-state index contributed by atoms with van der Waals surface area (Å²) in [5.74, 6) is 0.229. The van der Waals surface area contributed by atoms with Gasteiger partial charge >= 0.3 is 17.3 Å². The summed E-state index contributed by atoms with van der Waals surface area (Å²) in [5, 5.41) is 9.97. The first-order valence-corrected chi connectivity index (χ1v) is 13.0. The number of unbranched alkanes of at least 4 members (excludes halogenated alkanes) is 2. The minimum absolute atomic E-state index is 0.0264. The number of carboxylic acids is 1. The predicted molar refractivity (Wildman–Crippen MR) is 151 cm³/mol. The number of nitrogens with zero attached hydrogens (tertiary/aromatic N) is 2. The van der Waals surface area contributed by atoms with Crippen molar-refractivity contribution in [2.24, 2.45) is 0 Å². The molecule has 0 fully saturated rings. The maximum absolute atomic E-state index is 10.8. The van der Waals surface area contributed by atoms with Crippen LogP contribution >= 0.6 is 0 Å². The maximum atomic E-state index is 10.8. The van der Waals surface area contributed by atoms with E-state index in [0.717, 1.165) is 61.2 Å². The van der Waals surface area contributed by atoms with Crippen molar-refractivity contribution >= 4 is 40.0 Å². The lowest BCUT2D eigenvalue weighted by atomic mass is 9.73. The molecule has 5 nitrogen and oxygen atoms in total. The standard InChI is InChI=1S/C31H38N2O3/c1-6-33(17-9-7-8-10-30(34)35)26-16-13-23-18-27-29(36-28(23)20-26)19-24(21-31(27,2)3)22-11-14-25(15-12-22)32(4)5/h11-16,18-20H,6-10,17,21H2,1-5H3/p+1. The molecule has 0 aliphatic heterocycles. The second-order valence-corrected chi connectivity index (χ2v) is 10.7. The Balaban J connectivity index is 1.61. The van der Waals surface area contributed by atoms with E-state index in [9.17, 15) is 4.79 Å². The first kappa shape index (κ1) is 25.7. The van der Waals surface area contributed by atoms with Crippen molar-refractivity contribution < 1.29 is 14.3 Å². The first-order chi connectivity index (χ1) is 17.2. The molecule has 0 saturated carbocycles. The van der Waals surface area contributed by atoms with Crippen LogP contribution in [-0.4, -0.2) is 38.3 Å². The lowest BCUT2D eigenvalue weighted by Crippen LogP contribution is -2.24. The number of anilines is 2. The minimum Gasteiger partial charge on any atom is -0.481 e. The quantitative estimate of drug-likeness (QED) is 0.237. The largest absolute Gasteiger partial charge is 0.481 e. The number of hydrogen-bond acceptors (Lipinski definition) is 3. The van der Waals surface area contributed by atoms with Gasteiger partial charge in [0.1, 0.15) is 0 Å². The number of allylic oxidation sites excluding steroid dienone is 1. The third kappa shape index (κ3) is 5.72. The van der Waals surface area contributed by atoms with Crippen LogP contribution in [0.2, 0.25) is 0 Å². The van der Waals surface area contributed by atoms with E-state index in [1.54, 1.807) is 0 Å². The van der Waals surface area contributed by atoms with Crippen molar-refractivity contribution in [2.45, 2.75) is 58.3 Å². The summed E-state index contributed by atoms with van der Waals surface area (Å²) < 4.78 is 6.56. The lowest BCUT2D eigenvalue weighted by molar-refractivity contribution is -0.137.